The molecule has 2 aliphatic rings. The molecule has 11 heteroatoms. The predicted molar refractivity (Wildman–Crippen MR) is 105 cm³/mol. The first kappa shape index (κ1) is 22.1. The molecule has 31 heavy (non-hydrogen) atoms. The fraction of sp³-hybridized carbons (Fsp3) is 0.400. The average Bonchev–Trinajstić information content (AvgIpc) is 2.96. The number of carbonyl (C=O) groups excluding carboxylic acids is 5. The van der Waals surface area contributed by atoms with Crippen LogP contribution in [0.25, 0.3) is 0 Å². The molecule has 5 amide bonds. The molecule has 2 aliphatic heterocycles. The maximum Gasteiger partial charge on any atom is 0.331 e. The maximum absolute atomic E-state index is 13.1. The Balaban J connectivity index is 1.88. The van der Waals surface area contributed by atoms with Gasteiger partial charge in [-0.15, -0.1) is 0 Å². The number of rotatable bonds is 6. The van der Waals surface area contributed by atoms with Gasteiger partial charge in [0, 0.05) is 6.42 Å². The van der Waals surface area contributed by atoms with Crippen molar-refractivity contribution in [2.45, 2.75) is 44.3 Å². The summed E-state index contributed by atoms with van der Waals surface area (Å²) >= 11 is 0. The Morgan fingerprint density at radius 2 is 1.74 bits per heavy atom. The van der Waals surface area contributed by atoms with Gasteiger partial charge in [-0.1, -0.05) is 12.1 Å². The van der Waals surface area contributed by atoms with Gasteiger partial charge in [0.1, 0.15) is 6.04 Å². The first-order chi connectivity index (χ1) is 14.5. The summed E-state index contributed by atoms with van der Waals surface area (Å²) in [6.07, 6.45) is -0.254. The molecule has 0 radical (unpaired) electrons. The third kappa shape index (κ3) is 3.79. The summed E-state index contributed by atoms with van der Waals surface area (Å²) in [7, 11) is 0. The number of likely N-dealkylation sites (tertiary alicyclic amines) is 1. The van der Waals surface area contributed by atoms with Crippen molar-refractivity contribution in [3.05, 3.63) is 35.4 Å². The lowest BCUT2D eigenvalue weighted by atomic mass is 9.96. The fourth-order valence-electron chi connectivity index (χ4n) is 3.58. The van der Waals surface area contributed by atoms with Gasteiger partial charge in [0.05, 0.1) is 23.7 Å². The summed E-state index contributed by atoms with van der Waals surface area (Å²) in [6.45, 7) is 1.81. The van der Waals surface area contributed by atoms with E-state index in [1.165, 1.54) is 19.1 Å². The van der Waals surface area contributed by atoms with Crippen molar-refractivity contribution in [2.24, 2.45) is 5.73 Å². The minimum atomic E-state index is -2.01. The largest absolute Gasteiger partial charge is 0.479 e. The molecule has 1 saturated heterocycles. The number of hydrogen-bond donors (Lipinski definition) is 3. The molecule has 0 aromatic heterocycles. The van der Waals surface area contributed by atoms with E-state index in [-0.39, 0.29) is 24.0 Å². The van der Waals surface area contributed by atoms with E-state index in [9.17, 15) is 33.9 Å². The van der Waals surface area contributed by atoms with Gasteiger partial charge >= 0.3 is 5.97 Å². The van der Waals surface area contributed by atoms with E-state index in [4.69, 9.17) is 5.73 Å². The highest BCUT2D eigenvalue weighted by atomic mass is 16.4. The van der Waals surface area contributed by atoms with Crippen LogP contribution >= 0.6 is 0 Å². The number of hydrogen-bond acceptors (Lipinski definition) is 7. The van der Waals surface area contributed by atoms with Crippen LogP contribution in [0.1, 0.15) is 47.4 Å². The van der Waals surface area contributed by atoms with E-state index in [0.717, 1.165) is 11.8 Å². The molecule has 1 aromatic rings. The van der Waals surface area contributed by atoms with Crippen LogP contribution in [0.2, 0.25) is 0 Å². The molecule has 0 bridgehead atoms. The lowest BCUT2D eigenvalue weighted by molar-refractivity contribution is -0.157. The fourth-order valence-corrected chi connectivity index (χ4v) is 3.58. The van der Waals surface area contributed by atoms with Gasteiger partial charge < -0.3 is 16.2 Å². The molecule has 11 nitrogen and oxygen atoms in total. The van der Waals surface area contributed by atoms with Crippen molar-refractivity contribution in [1.82, 2.24) is 15.1 Å². The first-order valence-corrected chi connectivity index (χ1v) is 9.60. The molecule has 3 rings (SSSR count). The van der Waals surface area contributed by atoms with E-state index in [1.807, 2.05) is 0 Å². The number of carboxylic acids is 1. The second kappa shape index (κ2) is 7.91. The predicted octanol–water partition coefficient (Wildman–Crippen LogP) is -0.893. The summed E-state index contributed by atoms with van der Waals surface area (Å²) in [5, 5.41) is 11.9. The van der Waals surface area contributed by atoms with Crippen molar-refractivity contribution in [1.29, 1.82) is 0 Å². The second-order valence-corrected chi connectivity index (χ2v) is 7.81. The average molecular weight is 430 g/mol. The zero-order valence-electron chi connectivity index (χ0n) is 17.0. The molecule has 0 spiro atoms. The molecule has 164 valence electrons. The third-order valence-corrected chi connectivity index (χ3v) is 5.38. The summed E-state index contributed by atoms with van der Waals surface area (Å²) in [5.74, 6) is -5.11. The van der Waals surface area contributed by atoms with Crippen LogP contribution in [0.5, 0.6) is 0 Å². The Kier molecular flexibility index (Phi) is 5.64. The van der Waals surface area contributed by atoms with Crippen LogP contribution in [0.15, 0.2) is 24.3 Å². The Labute approximate surface area is 177 Å². The number of nitrogens with zero attached hydrogens (tertiary/aromatic N) is 2. The molecule has 3 atom stereocenters. The number of amides is 5. The number of imide groups is 2. The number of piperidine rings is 1. The molecule has 1 unspecified atom stereocenters. The quantitative estimate of drug-likeness (QED) is 0.488. The second-order valence-electron chi connectivity index (χ2n) is 7.81. The maximum atomic E-state index is 13.1. The topological polar surface area (TPSA) is 167 Å². The number of benzene rings is 1. The number of nitrogens with one attached hydrogen (secondary N) is 1. The van der Waals surface area contributed by atoms with Crippen molar-refractivity contribution < 1.29 is 33.9 Å². The van der Waals surface area contributed by atoms with Gasteiger partial charge in [-0.05, 0) is 32.4 Å². The molecule has 1 aromatic carbocycles. The summed E-state index contributed by atoms with van der Waals surface area (Å²) in [5.41, 5.74) is 3.77. The molecule has 0 aliphatic carbocycles. The van der Waals surface area contributed by atoms with Crippen LogP contribution in [0.4, 0.5) is 0 Å². The Morgan fingerprint density at radius 1 is 1.19 bits per heavy atom. The van der Waals surface area contributed by atoms with Crippen LogP contribution in [-0.2, 0) is 19.2 Å². The van der Waals surface area contributed by atoms with Crippen LogP contribution in [-0.4, -0.2) is 74.6 Å². The zero-order valence-corrected chi connectivity index (χ0v) is 17.0. The van der Waals surface area contributed by atoms with Crippen molar-refractivity contribution in [3.63, 3.8) is 0 Å². The number of nitrogens with two attached hydrogens (primary N) is 1. The number of aliphatic carboxylic acids is 1. The van der Waals surface area contributed by atoms with E-state index < -0.39 is 59.7 Å². The van der Waals surface area contributed by atoms with Crippen LogP contribution in [0.3, 0.4) is 0 Å². The lowest BCUT2D eigenvalue weighted by Gasteiger charge is -2.38. The molecule has 1 fully saturated rings. The van der Waals surface area contributed by atoms with Gasteiger partial charge in [-0.3, -0.25) is 33.8 Å². The normalized spacial score (nSPS) is 21.6. The van der Waals surface area contributed by atoms with E-state index in [0.29, 0.717) is 4.90 Å². The van der Waals surface area contributed by atoms with Crippen molar-refractivity contribution in [2.75, 3.05) is 6.54 Å². The zero-order chi connectivity index (χ0) is 23.1. The van der Waals surface area contributed by atoms with Gasteiger partial charge in [0.15, 0.2) is 5.54 Å². The smallest absolute Gasteiger partial charge is 0.331 e. The van der Waals surface area contributed by atoms with Crippen LogP contribution < -0.4 is 11.1 Å². The Bertz CT molecular complexity index is 970. The number of carboxylic acid groups (broad SMARTS) is 1. The molecular weight excluding hydrogens is 408 g/mol. The molecule has 0 saturated carbocycles. The number of carbonyl (C=O) groups is 6. The van der Waals surface area contributed by atoms with E-state index in [1.54, 1.807) is 12.1 Å². The molecular formula is C20H22N4O7. The van der Waals surface area contributed by atoms with Crippen molar-refractivity contribution in [3.8, 4) is 0 Å². The summed E-state index contributed by atoms with van der Waals surface area (Å²) in [6, 6.07) is 3.84. The van der Waals surface area contributed by atoms with Gasteiger partial charge in [-0.2, -0.15) is 0 Å². The van der Waals surface area contributed by atoms with Crippen molar-refractivity contribution >= 4 is 35.5 Å². The SMILES string of the molecule is CC(N)C(=O)N[C@@](C)(CN1C(=O)CC[C@H](N2C(=O)c3ccccc3C2=O)C1=O)C(=O)O. The van der Waals surface area contributed by atoms with Gasteiger partial charge in [0.2, 0.25) is 11.8 Å². The minimum Gasteiger partial charge on any atom is -0.479 e. The van der Waals surface area contributed by atoms with E-state index >= 15 is 0 Å². The van der Waals surface area contributed by atoms with Gasteiger partial charge in [0.25, 0.3) is 17.7 Å². The molecule has 4 N–H and O–H groups in total. The first-order valence-electron chi connectivity index (χ1n) is 9.60. The highest BCUT2D eigenvalue weighted by molar-refractivity contribution is 6.23. The minimum absolute atomic E-state index is 0.0738. The summed E-state index contributed by atoms with van der Waals surface area (Å²) < 4.78 is 0. The van der Waals surface area contributed by atoms with Crippen LogP contribution in [0, 0.1) is 0 Å². The standard InChI is InChI=1S/C20H22N4O7/c1-10(21)15(26)22-20(2,19(30)31)9-23-14(25)8-7-13(18(23)29)24-16(27)11-5-3-4-6-12(11)17(24)28/h3-6,10,13H,7-9,21H2,1-2H3,(H,22,26)(H,30,31)/t10?,13-,20-/m0/s1. The molecule has 2 heterocycles. The highest BCUT2D eigenvalue weighted by Gasteiger charge is 2.49. The number of fused-ring (bicyclic) bond motifs is 1. The van der Waals surface area contributed by atoms with Gasteiger partial charge in [-0.25, -0.2) is 4.79 Å². The summed E-state index contributed by atoms with van der Waals surface area (Å²) in [4.78, 5) is 76.3. The Morgan fingerprint density at radius 3 is 2.23 bits per heavy atom. The lowest BCUT2D eigenvalue weighted by Crippen LogP contribution is -2.65. The Hall–Kier alpha value is -3.60. The third-order valence-electron chi connectivity index (χ3n) is 5.38. The van der Waals surface area contributed by atoms with E-state index in [2.05, 4.69) is 5.32 Å². The monoisotopic (exact) mass is 430 g/mol. The highest BCUT2D eigenvalue weighted by Crippen LogP contribution is 2.29.